The van der Waals surface area contributed by atoms with E-state index in [0.717, 1.165) is 24.5 Å². The second-order valence-electron chi connectivity index (χ2n) is 4.32. The Labute approximate surface area is 92.3 Å². The highest BCUT2D eigenvalue weighted by atomic mass is 15.0. The normalized spacial score (nSPS) is 11.2. The maximum Gasteiger partial charge on any atom is 0.127 e. The average Bonchev–Trinajstić information content (AvgIpc) is 2.18. The van der Waals surface area contributed by atoms with Gasteiger partial charge in [0.1, 0.15) is 5.82 Å². The molecule has 84 valence electrons. The lowest BCUT2D eigenvalue weighted by Crippen LogP contribution is -2.29. The molecule has 0 radical (unpaired) electrons. The molecular formula is C12H21N3. The van der Waals surface area contributed by atoms with Crippen LogP contribution in [-0.2, 0) is 0 Å². The van der Waals surface area contributed by atoms with Gasteiger partial charge < -0.3 is 10.6 Å². The fraction of sp³-hybridized carbons (Fsp3) is 0.583. The van der Waals surface area contributed by atoms with Gasteiger partial charge in [0.15, 0.2) is 0 Å². The van der Waals surface area contributed by atoms with Gasteiger partial charge in [0.05, 0.1) is 0 Å². The first-order valence-electron chi connectivity index (χ1n) is 5.55. The molecule has 0 amide bonds. The summed E-state index contributed by atoms with van der Waals surface area (Å²) in [5, 5.41) is 6.69. The molecule has 2 N–H and O–H groups in total. The Morgan fingerprint density at radius 3 is 2.67 bits per heavy atom. The molecule has 15 heavy (non-hydrogen) atoms. The zero-order valence-corrected chi connectivity index (χ0v) is 10.1. The molecule has 0 aliphatic rings. The number of hydrogen-bond donors (Lipinski definition) is 2. The summed E-state index contributed by atoms with van der Waals surface area (Å²) in [6.45, 7) is 9.53. The van der Waals surface area contributed by atoms with Crippen LogP contribution in [0.2, 0.25) is 0 Å². The molecule has 0 unspecified atom stereocenters. The highest BCUT2D eigenvalue weighted by Gasteiger charge is 2.13. The first-order chi connectivity index (χ1) is 7.07. The van der Waals surface area contributed by atoms with Crippen molar-refractivity contribution in [2.75, 3.05) is 17.2 Å². The van der Waals surface area contributed by atoms with Crippen LogP contribution < -0.4 is 10.6 Å². The first-order valence-corrected chi connectivity index (χ1v) is 5.55. The molecule has 0 bridgehead atoms. The van der Waals surface area contributed by atoms with Gasteiger partial charge in [-0.2, -0.15) is 0 Å². The first kappa shape index (κ1) is 11.8. The Hall–Kier alpha value is -1.25. The predicted molar refractivity (Wildman–Crippen MR) is 66.4 cm³/mol. The molecule has 0 aliphatic heterocycles. The van der Waals surface area contributed by atoms with E-state index >= 15 is 0 Å². The summed E-state index contributed by atoms with van der Waals surface area (Å²) in [4.78, 5) is 4.23. The summed E-state index contributed by atoms with van der Waals surface area (Å²) in [6.07, 6.45) is 2.91. The van der Waals surface area contributed by atoms with Gasteiger partial charge in [0.25, 0.3) is 0 Å². The van der Waals surface area contributed by atoms with Gasteiger partial charge in [0.2, 0.25) is 0 Å². The van der Waals surface area contributed by atoms with E-state index in [-0.39, 0.29) is 5.54 Å². The molecule has 0 aliphatic carbocycles. The minimum Gasteiger partial charge on any atom is -0.380 e. The highest BCUT2D eigenvalue weighted by molar-refractivity contribution is 5.52. The predicted octanol–water partition coefficient (Wildman–Crippen LogP) is 3.11. The molecule has 0 atom stereocenters. The summed E-state index contributed by atoms with van der Waals surface area (Å²) >= 11 is 0. The Balaban J connectivity index is 2.73. The molecule has 3 nitrogen and oxygen atoms in total. The largest absolute Gasteiger partial charge is 0.380 e. The second-order valence-corrected chi connectivity index (χ2v) is 4.32. The molecule has 1 heterocycles. The average molecular weight is 207 g/mol. The number of pyridine rings is 1. The molecule has 1 aromatic rings. The van der Waals surface area contributed by atoms with Crippen LogP contribution in [0.25, 0.3) is 0 Å². The van der Waals surface area contributed by atoms with E-state index in [2.05, 4.69) is 43.3 Å². The Bertz CT molecular complexity index is 307. The summed E-state index contributed by atoms with van der Waals surface area (Å²) in [7, 11) is 0. The van der Waals surface area contributed by atoms with E-state index in [1.807, 2.05) is 18.3 Å². The van der Waals surface area contributed by atoms with Crippen molar-refractivity contribution in [3.8, 4) is 0 Å². The fourth-order valence-corrected chi connectivity index (χ4v) is 1.27. The smallest absolute Gasteiger partial charge is 0.127 e. The monoisotopic (exact) mass is 207 g/mol. The number of aromatic nitrogens is 1. The van der Waals surface area contributed by atoms with E-state index in [9.17, 15) is 0 Å². The van der Waals surface area contributed by atoms with Crippen LogP contribution in [0.1, 0.15) is 34.1 Å². The summed E-state index contributed by atoms with van der Waals surface area (Å²) < 4.78 is 0. The standard InChI is InChI=1S/C12H21N3/c1-5-12(3,4)15-10-7-8-14-11(9-10)13-6-2/h7-9H,5-6H2,1-4H3,(H2,13,14,15). The van der Waals surface area contributed by atoms with E-state index in [4.69, 9.17) is 0 Å². The molecule has 1 rings (SSSR count). The number of rotatable bonds is 5. The van der Waals surface area contributed by atoms with Crippen LogP contribution in [0.4, 0.5) is 11.5 Å². The molecule has 0 fully saturated rings. The molecular weight excluding hydrogens is 186 g/mol. The van der Waals surface area contributed by atoms with Crippen LogP contribution in [0.5, 0.6) is 0 Å². The minimum atomic E-state index is 0.130. The lowest BCUT2D eigenvalue weighted by Gasteiger charge is -2.26. The number of nitrogens with one attached hydrogen (secondary N) is 2. The van der Waals surface area contributed by atoms with Gasteiger partial charge in [-0.05, 0) is 33.3 Å². The third-order valence-electron chi connectivity index (χ3n) is 2.48. The Kier molecular flexibility index (Phi) is 3.95. The summed E-state index contributed by atoms with van der Waals surface area (Å²) in [5.74, 6) is 0.925. The fourth-order valence-electron chi connectivity index (χ4n) is 1.27. The highest BCUT2D eigenvalue weighted by Crippen LogP contribution is 2.19. The SMILES string of the molecule is CCNc1cc(NC(C)(C)CC)ccn1. The minimum absolute atomic E-state index is 0.130. The number of nitrogens with zero attached hydrogens (tertiary/aromatic N) is 1. The van der Waals surface area contributed by atoms with E-state index in [1.54, 1.807) is 0 Å². The third kappa shape index (κ3) is 3.78. The Morgan fingerprint density at radius 1 is 1.33 bits per heavy atom. The van der Waals surface area contributed by atoms with Crippen LogP contribution in [0.15, 0.2) is 18.3 Å². The van der Waals surface area contributed by atoms with Gasteiger partial charge in [-0.25, -0.2) is 4.98 Å². The van der Waals surface area contributed by atoms with E-state index in [0.29, 0.717) is 0 Å². The quantitative estimate of drug-likeness (QED) is 0.779. The van der Waals surface area contributed by atoms with Gasteiger partial charge in [0, 0.05) is 30.0 Å². The zero-order chi connectivity index (χ0) is 11.3. The summed E-state index contributed by atoms with van der Waals surface area (Å²) in [5.41, 5.74) is 1.25. The lowest BCUT2D eigenvalue weighted by atomic mass is 10.0. The van der Waals surface area contributed by atoms with Crippen molar-refractivity contribution in [1.29, 1.82) is 0 Å². The maximum atomic E-state index is 4.23. The zero-order valence-electron chi connectivity index (χ0n) is 10.1. The molecule has 1 aromatic heterocycles. The Morgan fingerprint density at radius 2 is 2.07 bits per heavy atom. The molecule has 0 saturated heterocycles. The topological polar surface area (TPSA) is 37.0 Å². The van der Waals surface area contributed by atoms with Gasteiger partial charge in [-0.1, -0.05) is 6.92 Å². The van der Waals surface area contributed by atoms with Crippen molar-refractivity contribution in [1.82, 2.24) is 4.98 Å². The molecule has 0 spiro atoms. The van der Waals surface area contributed by atoms with Crippen LogP contribution in [0, 0.1) is 0 Å². The molecule has 0 saturated carbocycles. The second kappa shape index (κ2) is 5.01. The van der Waals surface area contributed by atoms with Crippen LogP contribution in [0.3, 0.4) is 0 Å². The van der Waals surface area contributed by atoms with Crippen LogP contribution in [-0.4, -0.2) is 17.1 Å². The van der Waals surface area contributed by atoms with Crippen molar-refractivity contribution >= 4 is 11.5 Å². The van der Waals surface area contributed by atoms with Gasteiger partial charge in [-0.3, -0.25) is 0 Å². The van der Waals surface area contributed by atoms with Crippen molar-refractivity contribution in [3.63, 3.8) is 0 Å². The van der Waals surface area contributed by atoms with Gasteiger partial charge in [-0.15, -0.1) is 0 Å². The number of anilines is 2. The van der Waals surface area contributed by atoms with Crippen molar-refractivity contribution < 1.29 is 0 Å². The number of hydrogen-bond acceptors (Lipinski definition) is 3. The van der Waals surface area contributed by atoms with Crippen LogP contribution >= 0.6 is 0 Å². The van der Waals surface area contributed by atoms with Crippen molar-refractivity contribution in [3.05, 3.63) is 18.3 Å². The summed E-state index contributed by atoms with van der Waals surface area (Å²) in [6, 6.07) is 4.04. The van der Waals surface area contributed by atoms with Crippen molar-refractivity contribution in [2.45, 2.75) is 39.7 Å². The third-order valence-corrected chi connectivity index (χ3v) is 2.48. The van der Waals surface area contributed by atoms with E-state index < -0.39 is 0 Å². The van der Waals surface area contributed by atoms with E-state index in [1.165, 1.54) is 0 Å². The van der Waals surface area contributed by atoms with Crippen molar-refractivity contribution in [2.24, 2.45) is 0 Å². The molecule has 3 heteroatoms. The maximum absolute atomic E-state index is 4.23. The lowest BCUT2D eigenvalue weighted by molar-refractivity contribution is 0.547. The van der Waals surface area contributed by atoms with Gasteiger partial charge >= 0.3 is 0 Å². The molecule has 0 aromatic carbocycles.